The van der Waals surface area contributed by atoms with E-state index in [1.807, 2.05) is 38.1 Å². The van der Waals surface area contributed by atoms with E-state index in [9.17, 15) is 0 Å². The number of hydrogen-bond acceptors (Lipinski definition) is 5. The van der Waals surface area contributed by atoms with Crippen molar-refractivity contribution >= 4 is 5.69 Å². The standard InChI is InChI=1S/C15H19N3O2/c1-4-20-15-9-12(5-6-14(15)19-3)17-10-13-7-8-16-11(2)18-13/h5-9,17H,4,10H2,1-3H3. The maximum Gasteiger partial charge on any atom is 0.163 e. The molecule has 5 heteroatoms. The summed E-state index contributed by atoms with van der Waals surface area (Å²) in [5.41, 5.74) is 1.91. The predicted octanol–water partition coefficient (Wildman–Crippen LogP) is 2.80. The van der Waals surface area contributed by atoms with Crippen LogP contribution < -0.4 is 14.8 Å². The highest BCUT2D eigenvalue weighted by Gasteiger charge is 2.05. The van der Waals surface area contributed by atoms with Crippen molar-refractivity contribution in [3.63, 3.8) is 0 Å². The maximum atomic E-state index is 5.55. The van der Waals surface area contributed by atoms with E-state index in [0.29, 0.717) is 13.2 Å². The SMILES string of the molecule is CCOc1cc(NCc2ccnc(C)n2)ccc1OC. The van der Waals surface area contributed by atoms with Crippen molar-refractivity contribution in [1.82, 2.24) is 9.97 Å². The molecule has 1 N–H and O–H groups in total. The van der Waals surface area contributed by atoms with Crippen LogP contribution >= 0.6 is 0 Å². The number of aryl methyl sites for hydroxylation is 1. The second-order valence-corrected chi connectivity index (χ2v) is 4.25. The van der Waals surface area contributed by atoms with Crippen molar-refractivity contribution in [2.45, 2.75) is 20.4 Å². The van der Waals surface area contributed by atoms with Crippen LogP contribution in [0.15, 0.2) is 30.5 Å². The normalized spacial score (nSPS) is 10.2. The third-order valence-corrected chi connectivity index (χ3v) is 2.77. The Balaban J connectivity index is 2.07. The molecule has 0 fully saturated rings. The first-order chi connectivity index (χ1) is 9.72. The lowest BCUT2D eigenvalue weighted by molar-refractivity contribution is 0.311. The highest BCUT2D eigenvalue weighted by molar-refractivity contribution is 5.54. The van der Waals surface area contributed by atoms with Crippen LogP contribution in [-0.2, 0) is 6.54 Å². The molecule has 0 unspecified atom stereocenters. The van der Waals surface area contributed by atoms with Crippen LogP contribution in [0.2, 0.25) is 0 Å². The molecule has 0 saturated carbocycles. The largest absolute Gasteiger partial charge is 0.493 e. The van der Waals surface area contributed by atoms with Crippen molar-refractivity contribution < 1.29 is 9.47 Å². The van der Waals surface area contributed by atoms with Crippen molar-refractivity contribution in [2.75, 3.05) is 19.0 Å². The van der Waals surface area contributed by atoms with E-state index in [0.717, 1.165) is 28.7 Å². The Morgan fingerprint density at radius 2 is 2.05 bits per heavy atom. The first kappa shape index (κ1) is 14.1. The zero-order valence-corrected chi connectivity index (χ0v) is 12.0. The molecule has 0 radical (unpaired) electrons. The van der Waals surface area contributed by atoms with Gasteiger partial charge in [0, 0.05) is 18.0 Å². The molecule has 0 amide bonds. The molecule has 2 rings (SSSR count). The smallest absolute Gasteiger partial charge is 0.163 e. The summed E-state index contributed by atoms with van der Waals surface area (Å²) in [7, 11) is 1.63. The minimum Gasteiger partial charge on any atom is -0.493 e. The second-order valence-electron chi connectivity index (χ2n) is 4.25. The highest BCUT2D eigenvalue weighted by Crippen LogP contribution is 2.30. The summed E-state index contributed by atoms with van der Waals surface area (Å²) in [6.45, 7) is 5.07. The maximum absolute atomic E-state index is 5.55. The quantitative estimate of drug-likeness (QED) is 0.877. The van der Waals surface area contributed by atoms with Crippen LogP contribution in [0.5, 0.6) is 11.5 Å². The molecule has 0 aliphatic carbocycles. The molecule has 0 atom stereocenters. The topological polar surface area (TPSA) is 56.3 Å². The van der Waals surface area contributed by atoms with Gasteiger partial charge in [-0.2, -0.15) is 0 Å². The van der Waals surface area contributed by atoms with Crippen LogP contribution in [0.1, 0.15) is 18.4 Å². The zero-order chi connectivity index (χ0) is 14.4. The minimum absolute atomic E-state index is 0.602. The van der Waals surface area contributed by atoms with Crippen LogP contribution in [0, 0.1) is 6.92 Å². The second kappa shape index (κ2) is 6.75. The lowest BCUT2D eigenvalue weighted by Gasteiger charge is -2.12. The lowest BCUT2D eigenvalue weighted by atomic mass is 10.2. The fraction of sp³-hybridized carbons (Fsp3) is 0.333. The molecule has 1 aromatic heterocycles. The third kappa shape index (κ3) is 3.60. The molecular weight excluding hydrogens is 254 g/mol. The van der Waals surface area contributed by atoms with Gasteiger partial charge in [-0.25, -0.2) is 9.97 Å². The average molecular weight is 273 g/mol. The van der Waals surface area contributed by atoms with E-state index in [-0.39, 0.29) is 0 Å². The first-order valence-electron chi connectivity index (χ1n) is 6.56. The Labute approximate surface area is 119 Å². The van der Waals surface area contributed by atoms with Gasteiger partial charge in [-0.3, -0.25) is 0 Å². The molecular formula is C15H19N3O2. The molecule has 0 aliphatic heterocycles. The molecule has 0 spiro atoms. The minimum atomic E-state index is 0.602. The number of methoxy groups -OCH3 is 1. The van der Waals surface area contributed by atoms with Gasteiger partial charge < -0.3 is 14.8 Å². The van der Waals surface area contributed by atoms with Gasteiger partial charge in [0.15, 0.2) is 11.5 Å². The van der Waals surface area contributed by atoms with Crippen molar-refractivity contribution in [3.8, 4) is 11.5 Å². The molecule has 5 nitrogen and oxygen atoms in total. The van der Waals surface area contributed by atoms with Gasteiger partial charge in [-0.15, -0.1) is 0 Å². The predicted molar refractivity (Wildman–Crippen MR) is 78.3 cm³/mol. The molecule has 1 aromatic carbocycles. The van der Waals surface area contributed by atoms with Crippen LogP contribution in [0.4, 0.5) is 5.69 Å². The number of hydrogen-bond donors (Lipinski definition) is 1. The number of benzene rings is 1. The fourth-order valence-corrected chi connectivity index (χ4v) is 1.85. The Morgan fingerprint density at radius 1 is 1.20 bits per heavy atom. The number of ether oxygens (including phenoxy) is 2. The molecule has 2 aromatic rings. The number of rotatable bonds is 6. The van der Waals surface area contributed by atoms with E-state index in [1.165, 1.54) is 0 Å². The Bertz CT molecular complexity index is 573. The molecule has 0 aliphatic rings. The monoisotopic (exact) mass is 273 g/mol. The summed E-state index contributed by atoms with van der Waals surface area (Å²) in [4.78, 5) is 8.43. The van der Waals surface area contributed by atoms with Gasteiger partial charge in [-0.05, 0) is 32.0 Å². The summed E-state index contributed by atoms with van der Waals surface area (Å²) in [6, 6.07) is 7.66. The van der Waals surface area contributed by atoms with E-state index in [4.69, 9.17) is 9.47 Å². The van der Waals surface area contributed by atoms with E-state index >= 15 is 0 Å². The third-order valence-electron chi connectivity index (χ3n) is 2.77. The van der Waals surface area contributed by atoms with Crippen molar-refractivity contribution in [3.05, 3.63) is 42.0 Å². The number of nitrogens with zero attached hydrogens (tertiary/aromatic N) is 2. The summed E-state index contributed by atoms with van der Waals surface area (Å²) in [6.07, 6.45) is 1.76. The average Bonchev–Trinajstić information content (AvgIpc) is 2.46. The summed E-state index contributed by atoms with van der Waals surface area (Å²) in [5, 5.41) is 3.31. The fourth-order valence-electron chi connectivity index (χ4n) is 1.85. The zero-order valence-electron chi connectivity index (χ0n) is 12.0. The first-order valence-corrected chi connectivity index (χ1v) is 6.56. The summed E-state index contributed by atoms with van der Waals surface area (Å²) < 4.78 is 10.8. The van der Waals surface area contributed by atoms with Crippen LogP contribution in [0.25, 0.3) is 0 Å². The van der Waals surface area contributed by atoms with E-state index in [1.54, 1.807) is 13.3 Å². The molecule has 0 bridgehead atoms. The van der Waals surface area contributed by atoms with Gasteiger partial charge in [-0.1, -0.05) is 0 Å². The van der Waals surface area contributed by atoms with E-state index in [2.05, 4.69) is 15.3 Å². The Kier molecular flexibility index (Phi) is 4.76. The number of anilines is 1. The van der Waals surface area contributed by atoms with Gasteiger partial charge in [0.05, 0.1) is 26.0 Å². The van der Waals surface area contributed by atoms with Gasteiger partial charge in [0.2, 0.25) is 0 Å². The van der Waals surface area contributed by atoms with Gasteiger partial charge in [0.1, 0.15) is 5.82 Å². The Morgan fingerprint density at radius 3 is 2.75 bits per heavy atom. The van der Waals surface area contributed by atoms with E-state index < -0.39 is 0 Å². The van der Waals surface area contributed by atoms with Crippen LogP contribution in [-0.4, -0.2) is 23.7 Å². The van der Waals surface area contributed by atoms with Crippen LogP contribution in [0.3, 0.4) is 0 Å². The van der Waals surface area contributed by atoms with Gasteiger partial charge >= 0.3 is 0 Å². The molecule has 20 heavy (non-hydrogen) atoms. The summed E-state index contributed by atoms with van der Waals surface area (Å²) >= 11 is 0. The lowest BCUT2D eigenvalue weighted by Crippen LogP contribution is -2.04. The number of nitrogens with one attached hydrogen (secondary N) is 1. The van der Waals surface area contributed by atoms with Crippen molar-refractivity contribution in [2.24, 2.45) is 0 Å². The van der Waals surface area contributed by atoms with Gasteiger partial charge in [0.25, 0.3) is 0 Å². The summed E-state index contributed by atoms with van der Waals surface area (Å²) in [5.74, 6) is 2.24. The Hall–Kier alpha value is -2.30. The molecule has 1 heterocycles. The van der Waals surface area contributed by atoms with Crippen molar-refractivity contribution in [1.29, 1.82) is 0 Å². The number of aromatic nitrogens is 2. The molecule has 0 saturated heterocycles. The highest BCUT2D eigenvalue weighted by atomic mass is 16.5. The molecule has 106 valence electrons.